The molecular weight excluding hydrogens is 521 g/mol. The van der Waals surface area contributed by atoms with Crippen LogP contribution in [0.25, 0.3) is 11.0 Å². The molecule has 0 amide bonds. The normalized spacial score (nSPS) is 30.3. The third kappa shape index (κ3) is 5.57. The lowest BCUT2D eigenvalue weighted by Gasteiger charge is -2.26. The van der Waals surface area contributed by atoms with Crippen LogP contribution in [0.4, 0.5) is 5.82 Å². The van der Waals surface area contributed by atoms with Gasteiger partial charge in [0, 0.05) is 6.20 Å². The van der Waals surface area contributed by atoms with Gasteiger partial charge in [-0.2, -0.15) is 8.62 Å². The monoisotopic (exact) mass is 538 g/mol. The van der Waals surface area contributed by atoms with Crippen LogP contribution in [0.5, 0.6) is 0 Å². The van der Waals surface area contributed by atoms with Crippen LogP contribution in [0.2, 0.25) is 0 Å². The zero-order valence-corrected chi connectivity index (χ0v) is 19.3. The number of phosphoric ester groups is 1. The average molecular weight is 539 g/mol. The minimum absolute atomic E-state index is 0.188. The highest BCUT2D eigenvalue weighted by molar-refractivity contribution is 7.66. The minimum Gasteiger partial charge on any atom is -0.388 e. The van der Waals surface area contributed by atoms with Gasteiger partial charge in [-0.25, -0.2) is 23.7 Å². The van der Waals surface area contributed by atoms with E-state index in [0.717, 1.165) is 0 Å². The maximum Gasteiger partial charge on any atom is 0.490 e. The highest BCUT2D eigenvalue weighted by Crippen LogP contribution is 2.66. The average Bonchev–Trinajstić information content (AvgIpc) is 3.11. The number of phosphoric acid groups is 3. The lowest BCUT2D eigenvalue weighted by atomic mass is 10.0. The Kier molecular flexibility index (Phi) is 6.96. The predicted octanol–water partition coefficient (Wildman–Crippen LogP) is 0.613. The quantitative estimate of drug-likeness (QED) is 0.199. The highest BCUT2D eigenvalue weighted by atomic mass is 35.5. The van der Waals surface area contributed by atoms with Crippen molar-refractivity contribution in [2.75, 3.05) is 12.3 Å². The van der Waals surface area contributed by atoms with Crippen LogP contribution < -0.4 is 5.73 Å². The molecule has 180 valence electrons. The molecular formula is C12H18ClN4O12P3. The van der Waals surface area contributed by atoms with E-state index in [9.17, 15) is 28.6 Å². The van der Waals surface area contributed by atoms with Gasteiger partial charge in [0.2, 0.25) is 0 Å². The van der Waals surface area contributed by atoms with Crippen LogP contribution in [0.15, 0.2) is 18.6 Å². The van der Waals surface area contributed by atoms with E-state index in [-0.39, 0.29) is 5.82 Å². The van der Waals surface area contributed by atoms with Crippen molar-refractivity contribution in [2.45, 2.75) is 30.2 Å². The molecule has 1 aliphatic heterocycles. The van der Waals surface area contributed by atoms with Gasteiger partial charge in [0.25, 0.3) is 0 Å². The molecule has 6 atom stereocenters. The number of nitrogens with two attached hydrogens (primary N) is 1. The first-order valence-electron chi connectivity index (χ1n) is 8.40. The van der Waals surface area contributed by atoms with Crippen LogP contribution in [0, 0.1) is 0 Å². The summed E-state index contributed by atoms with van der Waals surface area (Å²) in [4.78, 5) is 42.3. The van der Waals surface area contributed by atoms with Gasteiger partial charge >= 0.3 is 23.5 Å². The molecule has 16 nitrogen and oxygen atoms in total. The Morgan fingerprint density at radius 3 is 2.50 bits per heavy atom. The number of fused-ring (bicyclic) bond motifs is 1. The molecule has 0 bridgehead atoms. The van der Waals surface area contributed by atoms with Gasteiger partial charge in [0.15, 0.2) is 6.23 Å². The summed E-state index contributed by atoms with van der Waals surface area (Å²) in [6, 6.07) is 1.59. The second kappa shape index (κ2) is 8.67. The van der Waals surface area contributed by atoms with Crippen molar-refractivity contribution in [1.82, 2.24) is 14.5 Å². The molecule has 1 fully saturated rings. The summed E-state index contributed by atoms with van der Waals surface area (Å²) in [7, 11) is -16.6. The maximum atomic E-state index is 11.9. The second-order valence-corrected chi connectivity index (χ2v) is 12.0. The summed E-state index contributed by atoms with van der Waals surface area (Å²) >= 11 is 6.46. The van der Waals surface area contributed by atoms with Gasteiger partial charge in [0.1, 0.15) is 34.9 Å². The number of aliphatic hydroxyl groups excluding tert-OH is 1. The minimum atomic E-state index is -5.68. The molecule has 0 radical (unpaired) electrons. The molecule has 1 aliphatic rings. The Labute approximate surface area is 184 Å². The zero-order valence-electron chi connectivity index (χ0n) is 15.9. The summed E-state index contributed by atoms with van der Waals surface area (Å²) in [5, 5.41) is 11.0. The number of nitrogen functional groups attached to an aromatic ring is 1. The van der Waals surface area contributed by atoms with Gasteiger partial charge in [-0.15, -0.1) is 11.6 Å². The Morgan fingerprint density at radius 1 is 1.22 bits per heavy atom. The topological polar surface area (TPSA) is 246 Å². The Morgan fingerprint density at radius 2 is 1.88 bits per heavy atom. The zero-order chi connectivity index (χ0) is 24.1. The molecule has 1 saturated heterocycles. The standard InChI is InChI=1S/C12H18ClN4O12P3/c1-12(13)8(18)7(4-26-31(22,23)29-32(24,25)28-30(19,20)21)27-11(12)17-3-2-6-9(14)15-5-16-10(6)17/h2-3,5,7-8,11,18H,4H2,1H3,(H,22,23)(H,24,25)(H2,14,15,16)(H2,19,20,21)/t7-,8-,11-,12-/m1/s1. The number of ether oxygens (including phenoxy) is 1. The van der Waals surface area contributed by atoms with Gasteiger partial charge in [-0.3, -0.25) is 4.52 Å². The van der Waals surface area contributed by atoms with E-state index < -0.39 is 53.4 Å². The Bertz CT molecular complexity index is 1150. The molecule has 2 aromatic heterocycles. The molecule has 7 N–H and O–H groups in total. The summed E-state index contributed by atoms with van der Waals surface area (Å²) < 4.78 is 52.8. The molecule has 0 spiro atoms. The first-order chi connectivity index (χ1) is 14.5. The summed E-state index contributed by atoms with van der Waals surface area (Å²) in [5.41, 5.74) is 6.12. The van der Waals surface area contributed by atoms with Crippen LogP contribution in [-0.2, 0) is 31.6 Å². The van der Waals surface area contributed by atoms with E-state index in [0.29, 0.717) is 11.0 Å². The number of anilines is 1. The molecule has 0 saturated carbocycles. The molecule has 0 aromatic carbocycles. The number of alkyl halides is 1. The number of hydrogen-bond donors (Lipinski definition) is 6. The number of nitrogens with zero attached hydrogens (tertiary/aromatic N) is 3. The largest absolute Gasteiger partial charge is 0.490 e. The van der Waals surface area contributed by atoms with E-state index in [2.05, 4.69) is 23.1 Å². The van der Waals surface area contributed by atoms with Crippen molar-refractivity contribution < 1.29 is 56.3 Å². The summed E-state index contributed by atoms with van der Waals surface area (Å²) in [6.07, 6.45) is -1.17. The number of hydrogen-bond acceptors (Lipinski definition) is 11. The fourth-order valence-electron chi connectivity index (χ4n) is 3.00. The Hall–Kier alpha value is -0.960. The van der Waals surface area contributed by atoms with Crippen molar-refractivity contribution in [3.05, 3.63) is 18.6 Å². The van der Waals surface area contributed by atoms with Gasteiger partial charge in [-0.05, 0) is 13.0 Å². The van der Waals surface area contributed by atoms with Crippen molar-refractivity contribution in [3.8, 4) is 0 Å². The van der Waals surface area contributed by atoms with Crippen LogP contribution in [0.3, 0.4) is 0 Å². The second-order valence-electron chi connectivity index (χ2n) is 6.73. The fourth-order valence-corrected chi connectivity index (χ4v) is 6.33. The number of halogens is 1. The molecule has 32 heavy (non-hydrogen) atoms. The smallest absolute Gasteiger partial charge is 0.388 e. The van der Waals surface area contributed by atoms with Crippen molar-refractivity contribution in [3.63, 3.8) is 0 Å². The van der Waals surface area contributed by atoms with E-state index in [1.54, 1.807) is 6.07 Å². The third-order valence-electron chi connectivity index (χ3n) is 4.33. The van der Waals surface area contributed by atoms with Crippen LogP contribution in [0.1, 0.15) is 13.2 Å². The first-order valence-corrected chi connectivity index (χ1v) is 13.3. The summed E-state index contributed by atoms with van der Waals surface area (Å²) in [6.45, 7) is 0.547. The predicted molar refractivity (Wildman–Crippen MR) is 106 cm³/mol. The van der Waals surface area contributed by atoms with Crippen molar-refractivity contribution >= 4 is 51.9 Å². The van der Waals surface area contributed by atoms with E-state index in [1.165, 1.54) is 24.0 Å². The molecule has 3 heterocycles. The van der Waals surface area contributed by atoms with Crippen LogP contribution in [-0.4, -0.2) is 62.9 Å². The van der Waals surface area contributed by atoms with E-state index >= 15 is 0 Å². The lowest BCUT2D eigenvalue weighted by molar-refractivity contribution is -0.0430. The van der Waals surface area contributed by atoms with Crippen molar-refractivity contribution in [1.29, 1.82) is 0 Å². The number of aromatic nitrogens is 3. The fraction of sp³-hybridized carbons (Fsp3) is 0.500. The number of aliphatic hydroxyl groups is 1. The molecule has 2 unspecified atom stereocenters. The lowest BCUT2D eigenvalue weighted by Crippen LogP contribution is -2.39. The molecule has 20 heteroatoms. The Balaban J connectivity index is 1.74. The van der Waals surface area contributed by atoms with Crippen LogP contribution >= 0.6 is 35.1 Å². The van der Waals surface area contributed by atoms with E-state index in [4.69, 9.17) is 31.9 Å². The SMILES string of the molecule is C[C@@]1(Cl)[C@H](O)[C@@H](COP(=O)(O)OP(=O)(O)OP(=O)(O)O)O[C@H]1n1ccc2c(N)ncnc21. The van der Waals surface area contributed by atoms with Gasteiger partial charge < -0.3 is 39.7 Å². The number of rotatable bonds is 8. The third-order valence-corrected chi connectivity index (χ3v) is 8.54. The maximum absolute atomic E-state index is 11.9. The van der Waals surface area contributed by atoms with Gasteiger partial charge in [0.05, 0.1) is 12.0 Å². The molecule has 2 aromatic rings. The van der Waals surface area contributed by atoms with E-state index in [1.807, 2.05) is 0 Å². The summed E-state index contributed by atoms with van der Waals surface area (Å²) in [5.74, 6) is 0.188. The first kappa shape index (κ1) is 25.7. The molecule has 3 rings (SSSR count). The van der Waals surface area contributed by atoms with Gasteiger partial charge in [-0.1, -0.05) is 0 Å². The molecule has 0 aliphatic carbocycles. The highest BCUT2D eigenvalue weighted by Gasteiger charge is 2.54. The van der Waals surface area contributed by atoms with Crippen molar-refractivity contribution in [2.24, 2.45) is 0 Å².